The molecule has 0 saturated carbocycles. The summed E-state index contributed by atoms with van der Waals surface area (Å²) >= 11 is 0. The maximum Gasteiger partial charge on any atom is 0.391 e. The second-order valence-electron chi connectivity index (χ2n) is 3.80. The molecule has 0 aliphatic rings. The Hall–Kier alpha value is -0.210. The molecule has 0 N–H and O–H groups in total. The van der Waals surface area contributed by atoms with E-state index in [-0.39, 0.29) is 5.92 Å². The molecule has 0 fully saturated rings. The first kappa shape index (κ1) is 12.8. The van der Waals surface area contributed by atoms with Crippen LogP contribution in [0.5, 0.6) is 0 Å². The Morgan fingerprint density at radius 2 is 1.62 bits per heavy atom. The second kappa shape index (κ2) is 5.51. The van der Waals surface area contributed by atoms with Crippen molar-refractivity contribution in [3.05, 3.63) is 0 Å². The minimum absolute atomic E-state index is 0.244. The fourth-order valence-electron chi connectivity index (χ4n) is 1.29. The number of alkyl halides is 3. The summed E-state index contributed by atoms with van der Waals surface area (Å²) in [6, 6.07) is 0. The molecule has 0 aromatic rings. The Balaban J connectivity index is 3.76. The molecule has 0 aromatic heterocycles. The van der Waals surface area contributed by atoms with Crippen molar-refractivity contribution < 1.29 is 13.2 Å². The van der Waals surface area contributed by atoms with Gasteiger partial charge >= 0.3 is 6.18 Å². The molecular weight excluding hydrogens is 177 g/mol. The normalized spacial score (nSPS) is 17.1. The van der Waals surface area contributed by atoms with E-state index in [1.54, 1.807) is 6.92 Å². The summed E-state index contributed by atoms with van der Waals surface area (Å²) in [7, 11) is 0. The molecule has 0 nitrogen and oxygen atoms in total. The van der Waals surface area contributed by atoms with Crippen LogP contribution in [0.4, 0.5) is 13.2 Å². The van der Waals surface area contributed by atoms with Gasteiger partial charge in [0.15, 0.2) is 0 Å². The number of unbranched alkanes of at least 4 members (excludes halogenated alkanes) is 2. The Kier molecular flexibility index (Phi) is 5.42. The van der Waals surface area contributed by atoms with Crippen LogP contribution in [0, 0.1) is 11.8 Å². The zero-order valence-electron chi connectivity index (χ0n) is 8.62. The lowest BCUT2D eigenvalue weighted by molar-refractivity contribution is -0.182. The molecule has 3 heteroatoms. The van der Waals surface area contributed by atoms with Gasteiger partial charge in [-0.2, -0.15) is 13.2 Å². The lowest BCUT2D eigenvalue weighted by Crippen LogP contribution is -2.26. The molecule has 80 valence electrons. The first-order chi connectivity index (χ1) is 5.89. The van der Waals surface area contributed by atoms with Gasteiger partial charge in [-0.3, -0.25) is 0 Å². The maximum absolute atomic E-state index is 12.2. The van der Waals surface area contributed by atoms with E-state index in [1.165, 1.54) is 6.92 Å². The molecule has 0 aliphatic heterocycles. The van der Waals surface area contributed by atoms with E-state index < -0.39 is 12.1 Å². The van der Waals surface area contributed by atoms with Gasteiger partial charge in [0.05, 0.1) is 5.92 Å². The summed E-state index contributed by atoms with van der Waals surface area (Å²) in [6.07, 6.45) is -0.319. The molecule has 0 aromatic carbocycles. The van der Waals surface area contributed by atoms with Gasteiger partial charge < -0.3 is 0 Å². The Morgan fingerprint density at radius 3 is 2.00 bits per heavy atom. The largest absolute Gasteiger partial charge is 0.391 e. The van der Waals surface area contributed by atoms with Crippen LogP contribution >= 0.6 is 0 Å². The minimum Gasteiger partial charge on any atom is -0.171 e. The van der Waals surface area contributed by atoms with E-state index in [1.807, 2.05) is 0 Å². The zero-order chi connectivity index (χ0) is 10.5. The highest BCUT2D eigenvalue weighted by Gasteiger charge is 2.38. The third-order valence-electron chi connectivity index (χ3n) is 2.63. The van der Waals surface area contributed by atoms with Gasteiger partial charge in [0, 0.05) is 0 Å². The number of hydrogen-bond donors (Lipinski definition) is 0. The van der Waals surface area contributed by atoms with E-state index in [2.05, 4.69) is 6.92 Å². The smallest absolute Gasteiger partial charge is 0.171 e. The molecule has 0 spiro atoms. The average molecular weight is 196 g/mol. The first-order valence-corrected chi connectivity index (χ1v) is 4.96. The van der Waals surface area contributed by atoms with Gasteiger partial charge in [-0.1, -0.05) is 46.5 Å². The molecule has 0 radical (unpaired) electrons. The molecule has 0 bridgehead atoms. The van der Waals surface area contributed by atoms with Gasteiger partial charge in [0.2, 0.25) is 0 Å². The van der Waals surface area contributed by atoms with Crippen molar-refractivity contribution in [1.29, 1.82) is 0 Å². The average Bonchev–Trinajstić information content (AvgIpc) is 2.01. The number of hydrogen-bond acceptors (Lipinski definition) is 0. The summed E-state index contributed by atoms with van der Waals surface area (Å²) in [5.41, 5.74) is 0. The molecule has 0 saturated heterocycles. The van der Waals surface area contributed by atoms with Crippen LogP contribution in [0.15, 0.2) is 0 Å². The molecule has 0 aliphatic carbocycles. The monoisotopic (exact) mass is 196 g/mol. The van der Waals surface area contributed by atoms with E-state index in [4.69, 9.17) is 0 Å². The van der Waals surface area contributed by atoms with Crippen LogP contribution < -0.4 is 0 Å². The van der Waals surface area contributed by atoms with Crippen LogP contribution in [-0.2, 0) is 0 Å². The molecule has 0 rings (SSSR count). The predicted octanol–water partition coefficient (Wildman–Crippen LogP) is 4.40. The van der Waals surface area contributed by atoms with Crippen molar-refractivity contribution in [1.82, 2.24) is 0 Å². The van der Waals surface area contributed by atoms with Crippen LogP contribution in [0.25, 0.3) is 0 Å². The molecular formula is C10H19F3. The van der Waals surface area contributed by atoms with Crippen molar-refractivity contribution in [3.8, 4) is 0 Å². The van der Waals surface area contributed by atoms with Crippen molar-refractivity contribution in [2.75, 3.05) is 0 Å². The number of rotatable bonds is 5. The third-order valence-corrected chi connectivity index (χ3v) is 2.63. The summed E-state index contributed by atoms with van der Waals surface area (Å²) in [5, 5.41) is 0. The fraction of sp³-hybridized carbons (Fsp3) is 1.00. The lowest BCUT2D eigenvalue weighted by atomic mass is 9.90. The summed E-state index contributed by atoms with van der Waals surface area (Å²) in [4.78, 5) is 0. The summed E-state index contributed by atoms with van der Waals surface area (Å²) < 4.78 is 36.6. The van der Waals surface area contributed by atoms with Crippen LogP contribution in [0.2, 0.25) is 0 Å². The van der Waals surface area contributed by atoms with Crippen LogP contribution in [-0.4, -0.2) is 6.18 Å². The third kappa shape index (κ3) is 5.17. The van der Waals surface area contributed by atoms with Crippen molar-refractivity contribution in [3.63, 3.8) is 0 Å². The Labute approximate surface area is 78.5 Å². The maximum atomic E-state index is 12.2. The summed E-state index contributed by atoms with van der Waals surface area (Å²) in [6.45, 7) is 5.02. The summed E-state index contributed by atoms with van der Waals surface area (Å²) in [5.74, 6) is -1.41. The van der Waals surface area contributed by atoms with Gasteiger partial charge in [-0.05, 0) is 5.92 Å². The van der Waals surface area contributed by atoms with Crippen LogP contribution in [0.1, 0.15) is 46.5 Å². The highest BCUT2D eigenvalue weighted by Crippen LogP contribution is 2.33. The molecule has 0 amide bonds. The van der Waals surface area contributed by atoms with E-state index >= 15 is 0 Å². The van der Waals surface area contributed by atoms with E-state index in [0.29, 0.717) is 6.42 Å². The first-order valence-electron chi connectivity index (χ1n) is 4.96. The molecule has 2 atom stereocenters. The van der Waals surface area contributed by atoms with Gasteiger partial charge in [-0.15, -0.1) is 0 Å². The fourth-order valence-corrected chi connectivity index (χ4v) is 1.29. The molecule has 2 unspecified atom stereocenters. The highest BCUT2D eigenvalue weighted by molar-refractivity contribution is 4.68. The lowest BCUT2D eigenvalue weighted by Gasteiger charge is -2.22. The van der Waals surface area contributed by atoms with Gasteiger partial charge in [0.1, 0.15) is 0 Å². The van der Waals surface area contributed by atoms with Gasteiger partial charge in [-0.25, -0.2) is 0 Å². The second-order valence-corrected chi connectivity index (χ2v) is 3.80. The quantitative estimate of drug-likeness (QED) is 0.572. The Bertz CT molecular complexity index is 129. The molecule has 13 heavy (non-hydrogen) atoms. The van der Waals surface area contributed by atoms with Crippen molar-refractivity contribution in [2.24, 2.45) is 11.8 Å². The topological polar surface area (TPSA) is 0 Å². The SMILES string of the molecule is CCCCCC(C)C(C)C(F)(F)F. The highest BCUT2D eigenvalue weighted by atomic mass is 19.4. The van der Waals surface area contributed by atoms with Crippen molar-refractivity contribution >= 4 is 0 Å². The Morgan fingerprint density at radius 1 is 1.08 bits per heavy atom. The molecule has 0 heterocycles. The predicted molar refractivity (Wildman–Crippen MR) is 48.5 cm³/mol. The van der Waals surface area contributed by atoms with E-state index in [0.717, 1.165) is 19.3 Å². The van der Waals surface area contributed by atoms with Gasteiger partial charge in [0.25, 0.3) is 0 Å². The standard InChI is InChI=1S/C10H19F3/c1-4-5-6-7-8(2)9(3)10(11,12)13/h8-9H,4-7H2,1-3H3. The van der Waals surface area contributed by atoms with E-state index in [9.17, 15) is 13.2 Å². The minimum atomic E-state index is -4.02. The number of halogens is 3. The van der Waals surface area contributed by atoms with Crippen LogP contribution in [0.3, 0.4) is 0 Å². The van der Waals surface area contributed by atoms with Crippen molar-refractivity contribution in [2.45, 2.75) is 52.6 Å². The zero-order valence-corrected chi connectivity index (χ0v) is 8.62.